The van der Waals surface area contributed by atoms with Crippen LogP contribution in [0, 0.1) is 12.8 Å². The van der Waals surface area contributed by atoms with Crippen LogP contribution in [0.1, 0.15) is 44.6 Å². The summed E-state index contributed by atoms with van der Waals surface area (Å²) in [5.41, 5.74) is 2.04. The Kier molecular flexibility index (Phi) is 5.34. The summed E-state index contributed by atoms with van der Waals surface area (Å²) >= 11 is 0. The summed E-state index contributed by atoms with van der Waals surface area (Å²) in [5.74, 6) is 0.520. The molecule has 138 valence electrons. The molecule has 7 heteroatoms. The van der Waals surface area contributed by atoms with Gasteiger partial charge in [-0.05, 0) is 69.2 Å². The third-order valence-electron chi connectivity index (χ3n) is 5.20. The van der Waals surface area contributed by atoms with E-state index in [4.69, 9.17) is 0 Å². The van der Waals surface area contributed by atoms with Crippen LogP contribution in [0.4, 0.5) is 11.4 Å². The lowest BCUT2D eigenvalue weighted by Gasteiger charge is -2.28. The van der Waals surface area contributed by atoms with Crippen molar-refractivity contribution in [3.63, 3.8) is 0 Å². The number of anilines is 2. The van der Waals surface area contributed by atoms with Gasteiger partial charge in [0.1, 0.15) is 0 Å². The first-order valence-corrected chi connectivity index (χ1v) is 10.7. The summed E-state index contributed by atoms with van der Waals surface area (Å²) in [6.45, 7) is 3.42. The van der Waals surface area contributed by atoms with E-state index in [0.717, 1.165) is 18.4 Å². The molecule has 2 unspecified atom stereocenters. The van der Waals surface area contributed by atoms with Gasteiger partial charge in [0.15, 0.2) is 0 Å². The second-order valence-corrected chi connectivity index (χ2v) is 9.27. The molecule has 3 N–H and O–H groups in total. The maximum absolute atomic E-state index is 12.3. The van der Waals surface area contributed by atoms with Gasteiger partial charge in [-0.25, -0.2) is 8.42 Å². The van der Waals surface area contributed by atoms with Crippen molar-refractivity contribution in [2.24, 2.45) is 5.92 Å². The molecule has 1 aromatic carbocycles. The van der Waals surface area contributed by atoms with E-state index >= 15 is 0 Å². The smallest absolute Gasteiger partial charge is 0.232 e. The molecule has 2 aliphatic heterocycles. The van der Waals surface area contributed by atoms with Crippen LogP contribution in [0.25, 0.3) is 0 Å². The van der Waals surface area contributed by atoms with Gasteiger partial charge < -0.3 is 10.6 Å². The highest BCUT2D eigenvalue weighted by atomic mass is 32.2. The van der Waals surface area contributed by atoms with Crippen molar-refractivity contribution in [2.75, 3.05) is 15.8 Å². The van der Waals surface area contributed by atoms with Gasteiger partial charge in [-0.15, -0.1) is 0 Å². The maximum atomic E-state index is 12.3. The molecule has 25 heavy (non-hydrogen) atoms. The predicted molar refractivity (Wildman–Crippen MR) is 100 cm³/mol. The number of amides is 1. The SMILES string of the molecule is CCS(=O)(=O)Nc1ccc(NC(=O)CC2CC3CCC(C2)N3)cc1C. The number of nitrogens with one attached hydrogen (secondary N) is 3. The summed E-state index contributed by atoms with van der Waals surface area (Å²) in [4.78, 5) is 12.3. The number of hydrogen-bond acceptors (Lipinski definition) is 4. The number of hydrogen-bond donors (Lipinski definition) is 3. The zero-order chi connectivity index (χ0) is 18.0. The molecule has 0 radical (unpaired) electrons. The molecule has 2 aliphatic rings. The van der Waals surface area contributed by atoms with Crippen LogP contribution in [0.5, 0.6) is 0 Å². The van der Waals surface area contributed by atoms with Crippen molar-refractivity contribution in [3.8, 4) is 0 Å². The van der Waals surface area contributed by atoms with Crippen molar-refractivity contribution in [3.05, 3.63) is 23.8 Å². The fourth-order valence-electron chi connectivity index (χ4n) is 3.91. The minimum absolute atomic E-state index is 0.0309. The molecule has 2 bridgehead atoms. The van der Waals surface area contributed by atoms with E-state index in [1.807, 2.05) is 6.92 Å². The van der Waals surface area contributed by atoms with Crippen LogP contribution in [0.3, 0.4) is 0 Å². The standard InChI is InChI=1S/C18H27N3O3S/c1-3-25(23,24)21-17-7-6-14(8-12(17)2)20-18(22)11-13-9-15-4-5-16(10-13)19-15/h6-8,13,15-16,19,21H,3-5,9-11H2,1-2H3,(H,20,22). The van der Waals surface area contributed by atoms with Crippen LogP contribution in [-0.2, 0) is 14.8 Å². The Morgan fingerprint density at radius 2 is 1.92 bits per heavy atom. The van der Waals surface area contributed by atoms with Gasteiger partial charge in [0.05, 0.1) is 11.4 Å². The number of carbonyl (C=O) groups is 1. The quantitative estimate of drug-likeness (QED) is 0.723. The minimum Gasteiger partial charge on any atom is -0.326 e. The lowest BCUT2D eigenvalue weighted by atomic mass is 9.89. The Morgan fingerprint density at radius 3 is 2.52 bits per heavy atom. The van der Waals surface area contributed by atoms with Gasteiger partial charge in [-0.3, -0.25) is 9.52 Å². The number of fused-ring (bicyclic) bond motifs is 2. The van der Waals surface area contributed by atoms with Crippen molar-refractivity contribution in [1.82, 2.24) is 5.32 Å². The van der Waals surface area contributed by atoms with Gasteiger partial charge >= 0.3 is 0 Å². The first-order valence-electron chi connectivity index (χ1n) is 9.01. The van der Waals surface area contributed by atoms with E-state index in [2.05, 4.69) is 15.4 Å². The molecular formula is C18H27N3O3S. The van der Waals surface area contributed by atoms with Crippen LogP contribution < -0.4 is 15.4 Å². The molecule has 0 aromatic heterocycles. The highest BCUT2D eigenvalue weighted by Crippen LogP contribution is 2.33. The molecule has 1 amide bonds. The fourth-order valence-corrected chi connectivity index (χ4v) is 4.62. The normalized spacial score (nSPS) is 25.6. The van der Waals surface area contributed by atoms with Gasteiger partial charge in [0, 0.05) is 24.2 Å². The van der Waals surface area contributed by atoms with E-state index in [0.29, 0.717) is 35.8 Å². The molecule has 2 atom stereocenters. The second kappa shape index (κ2) is 7.33. The zero-order valence-electron chi connectivity index (χ0n) is 14.8. The zero-order valence-corrected chi connectivity index (χ0v) is 15.7. The van der Waals surface area contributed by atoms with E-state index in [9.17, 15) is 13.2 Å². The average molecular weight is 365 g/mol. The highest BCUT2D eigenvalue weighted by molar-refractivity contribution is 7.92. The fraction of sp³-hybridized carbons (Fsp3) is 0.611. The monoisotopic (exact) mass is 365 g/mol. The average Bonchev–Trinajstić information content (AvgIpc) is 2.88. The molecule has 0 saturated carbocycles. The Bertz CT molecular complexity index is 736. The van der Waals surface area contributed by atoms with E-state index in [1.54, 1.807) is 25.1 Å². The molecule has 0 spiro atoms. The number of sulfonamides is 1. The molecular weight excluding hydrogens is 338 g/mol. The van der Waals surface area contributed by atoms with Crippen molar-refractivity contribution >= 4 is 27.3 Å². The minimum atomic E-state index is -3.30. The van der Waals surface area contributed by atoms with Gasteiger partial charge in [-0.2, -0.15) is 0 Å². The second-order valence-electron chi connectivity index (χ2n) is 7.26. The topological polar surface area (TPSA) is 87.3 Å². The summed E-state index contributed by atoms with van der Waals surface area (Å²) in [5, 5.41) is 6.54. The lowest BCUT2D eigenvalue weighted by Crippen LogP contribution is -2.39. The first kappa shape index (κ1) is 18.2. The third kappa shape index (κ3) is 4.73. The predicted octanol–water partition coefficient (Wildman–Crippen LogP) is 2.62. The Morgan fingerprint density at radius 1 is 1.24 bits per heavy atom. The van der Waals surface area contributed by atoms with Crippen LogP contribution in [-0.4, -0.2) is 32.2 Å². The third-order valence-corrected chi connectivity index (χ3v) is 6.49. The van der Waals surface area contributed by atoms with Gasteiger partial charge in [0.25, 0.3) is 0 Å². The van der Waals surface area contributed by atoms with Gasteiger partial charge in [0.2, 0.25) is 15.9 Å². The molecule has 2 heterocycles. The van der Waals surface area contributed by atoms with Crippen molar-refractivity contribution < 1.29 is 13.2 Å². The van der Waals surface area contributed by atoms with Crippen molar-refractivity contribution in [1.29, 1.82) is 0 Å². The van der Waals surface area contributed by atoms with Crippen LogP contribution >= 0.6 is 0 Å². The lowest BCUT2D eigenvalue weighted by molar-refractivity contribution is -0.117. The highest BCUT2D eigenvalue weighted by Gasteiger charge is 2.34. The van der Waals surface area contributed by atoms with E-state index in [1.165, 1.54) is 12.8 Å². The summed E-state index contributed by atoms with van der Waals surface area (Å²) < 4.78 is 25.9. The maximum Gasteiger partial charge on any atom is 0.232 e. The number of benzene rings is 1. The van der Waals surface area contributed by atoms with Crippen LogP contribution in [0.15, 0.2) is 18.2 Å². The molecule has 0 aliphatic carbocycles. The molecule has 2 saturated heterocycles. The summed E-state index contributed by atoms with van der Waals surface area (Å²) in [6.07, 6.45) is 5.19. The Hall–Kier alpha value is -1.60. The largest absolute Gasteiger partial charge is 0.326 e. The molecule has 6 nitrogen and oxygen atoms in total. The molecule has 3 rings (SSSR count). The van der Waals surface area contributed by atoms with Gasteiger partial charge in [-0.1, -0.05) is 0 Å². The first-order chi connectivity index (χ1) is 11.8. The number of carbonyl (C=O) groups excluding carboxylic acids is 1. The summed E-state index contributed by atoms with van der Waals surface area (Å²) in [6, 6.07) is 6.42. The summed E-state index contributed by atoms with van der Waals surface area (Å²) in [7, 11) is -3.30. The number of piperidine rings is 1. The number of rotatable bonds is 6. The van der Waals surface area contributed by atoms with E-state index in [-0.39, 0.29) is 11.7 Å². The Balaban J connectivity index is 1.57. The van der Waals surface area contributed by atoms with E-state index < -0.39 is 10.0 Å². The number of aryl methyl sites for hydroxylation is 1. The van der Waals surface area contributed by atoms with Crippen molar-refractivity contribution in [2.45, 2.75) is 58.0 Å². The molecule has 2 fully saturated rings. The van der Waals surface area contributed by atoms with Crippen LogP contribution in [0.2, 0.25) is 0 Å². The Labute approximate surface area is 149 Å². The molecule has 1 aromatic rings.